The predicted octanol–water partition coefficient (Wildman–Crippen LogP) is 4.22. The van der Waals surface area contributed by atoms with Crippen LogP contribution in [-0.4, -0.2) is 17.6 Å². The van der Waals surface area contributed by atoms with Gasteiger partial charge in [0.15, 0.2) is 0 Å². The van der Waals surface area contributed by atoms with E-state index in [-0.39, 0.29) is 0 Å². The fourth-order valence-corrected chi connectivity index (χ4v) is 2.98. The summed E-state index contributed by atoms with van der Waals surface area (Å²) in [4.78, 5) is 4.26. The molecule has 2 nitrogen and oxygen atoms in total. The average molecular weight is 347 g/mol. The van der Waals surface area contributed by atoms with E-state index in [0.29, 0.717) is 6.04 Å². The second-order valence-corrected chi connectivity index (χ2v) is 6.51. The smallest absolute Gasteiger partial charge is 0.0410 e. The summed E-state index contributed by atoms with van der Waals surface area (Å²) >= 11 is 3.49. The van der Waals surface area contributed by atoms with E-state index < -0.39 is 0 Å². The molecular formula is C18H23BrN2. The minimum atomic E-state index is 0.438. The molecule has 0 bridgehead atoms. The highest BCUT2D eigenvalue weighted by atomic mass is 79.9. The van der Waals surface area contributed by atoms with Crippen LogP contribution in [0.3, 0.4) is 0 Å². The van der Waals surface area contributed by atoms with Crippen molar-refractivity contribution in [3.8, 4) is 0 Å². The molecule has 0 saturated carbocycles. The highest BCUT2D eigenvalue weighted by molar-refractivity contribution is 9.10. The topological polar surface area (TPSA) is 24.9 Å². The van der Waals surface area contributed by atoms with Crippen LogP contribution in [0.5, 0.6) is 0 Å². The quantitative estimate of drug-likeness (QED) is 0.846. The van der Waals surface area contributed by atoms with Gasteiger partial charge in [-0.25, -0.2) is 0 Å². The summed E-state index contributed by atoms with van der Waals surface area (Å²) in [6.07, 6.45) is 5.82. The van der Waals surface area contributed by atoms with Gasteiger partial charge < -0.3 is 5.32 Å². The van der Waals surface area contributed by atoms with Gasteiger partial charge in [0, 0.05) is 22.9 Å². The van der Waals surface area contributed by atoms with Gasteiger partial charge >= 0.3 is 0 Å². The van der Waals surface area contributed by atoms with Crippen LogP contribution in [0.25, 0.3) is 0 Å². The first kappa shape index (κ1) is 16.2. The molecule has 1 aromatic carbocycles. The monoisotopic (exact) mass is 346 g/mol. The molecule has 0 radical (unpaired) electrons. The Hall–Kier alpha value is -1.19. The number of benzene rings is 1. The summed E-state index contributed by atoms with van der Waals surface area (Å²) in [6.45, 7) is 7.48. The Labute approximate surface area is 136 Å². The Morgan fingerprint density at radius 2 is 1.81 bits per heavy atom. The van der Waals surface area contributed by atoms with Crippen LogP contribution < -0.4 is 5.32 Å². The Kier molecular flexibility index (Phi) is 5.95. The molecule has 1 heterocycles. The van der Waals surface area contributed by atoms with Crippen LogP contribution in [0.15, 0.2) is 41.1 Å². The molecule has 112 valence electrons. The number of pyridine rings is 1. The summed E-state index contributed by atoms with van der Waals surface area (Å²) in [6, 6.07) is 9.35. The summed E-state index contributed by atoms with van der Waals surface area (Å²) in [5.41, 5.74) is 5.38. The van der Waals surface area contributed by atoms with Crippen LogP contribution in [-0.2, 0) is 12.8 Å². The summed E-state index contributed by atoms with van der Waals surface area (Å²) in [5.74, 6) is 0. The third-order valence-corrected chi connectivity index (χ3v) is 4.22. The maximum atomic E-state index is 4.26. The fraction of sp³-hybridized carbons (Fsp3) is 0.389. The van der Waals surface area contributed by atoms with Crippen molar-refractivity contribution in [1.29, 1.82) is 0 Å². The summed E-state index contributed by atoms with van der Waals surface area (Å²) < 4.78 is 1.04. The zero-order valence-corrected chi connectivity index (χ0v) is 14.6. The lowest BCUT2D eigenvalue weighted by Crippen LogP contribution is -2.33. The summed E-state index contributed by atoms with van der Waals surface area (Å²) in [7, 11) is 0. The van der Waals surface area contributed by atoms with Crippen LogP contribution in [0.4, 0.5) is 0 Å². The van der Waals surface area contributed by atoms with Gasteiger partial charge in [0.05, 0.1) is 0 Å². The number of nitrogens with zero attached hydrogens (tertiary/aromatic N) is 1. The molecule has 0 spiro atoms. The Bertz CT molecular complexity index is 596. The Balaban J connectivity index is 2.09. The highest BCUT2D eigenvalue weighted by Crippen LogP contribution is 2.15. The molecule has 0 amide bonds. The largest absolute Gasteiger partial charge is 0.314 e. The van der Waals surface area contributed by atoms with Crippen molar-refractivity contribution < 1.29 is 0 Å². The second-order valence-electron chi connectivity index (χ2n) is 5.59. The van der Waals surface area contributed by atoms with Crippen LogP contribution >= 0.6 is 15.9 Å². The highest BCUT2D eigenvalue weighted by Gasteiger charge is 2.10. The number of nitrogens with one attached hydrogen (secondary N) is 1. The van der Waals surface area contributed by atoms with Gasteiger partial charge in [-0.15, -0.1) is 0 Å². The number of hydrogen-bond donors (Lipinski definition) is 1. The SMILES string of the molecule is CCNC(Cc1cncc(Br)c1)Cc1ccc(C)c(C)c1. The van der Waals surface area contributed by atoms with Gasteiger partial charge in [-0.3, -0.25) is 4.98 Å². The van der Waals surface area contributed by atoms with Gasteiger partial charge in [-0.1, -0.05) is 25.1 Å². The van der Waals surface area contributed by atoms with Gasteiger partial charge in [0.2, 0.25) is 0 Å². The van der Waals surface area contributed by atoms with Crippen molar-refractivity contribution in [3.05, 3.63) is 63.4 Å². The molecule has 1 aromatic heterocycles. The average Bonchev–Trinajstić information content (AvgIpc) is 2.43. The molecule has 1 unspecified atom stereocenters. The van der Waals surface area contributed by atoms with Gasteiger partial charge in [-0.2, -0.15) is 0 Å². The zero-order chi connectivity index (χ0) is 15.2. The van der Waals surface area contributed by atoms with Crippen molar-refractivity contribution in [1.82, 2.24) is 10.3 Å². The maximum Gasteiger partial charge on any atom is 0.0410 e. The number of halogens is 1. The maximum absolute atomic E-state index is 4.26. The minimum absolute atomic E-state index is 0.438. The molecule has 1 atom stereocenters. The van der Waals surface area contributed by atoms with Crippen LogP contribution in [0, 0.1) is 13.8 Å². The molecule has 0 aliphatic rings. The Morgan fingerprint density at radius 3 is 2.48 bits per heavy atom. The summed E-state index contributed by atoms with van der Waals surface area (Å²) in [5, 5.41) is 3.59. The lowest BCUT2D eigenvalue weighted by atomic mass is 9.97. The van der Waals surface area contributed by atoms with E-state index in [2.05, 4.69) is 71.3 Å². The number of rotatable bonds is 6. The molecule has 3 heteroatoms. The Morgan fingerprint density at radius 1 is 1.05 bits per heavy atom. The molecule has 1 N–H and O–H groups in total. The van der Waals surface area contributed by atoms with Crippen molar-refractivity contribution in [2.75, 3.05) is 6.54 Å². The van der Waals surface area contributed by atoms with Crippen molar-refractivity contribution in [2.45, 2.75) is 39.7 Å². The van der Waals surface area contributed by atoms with E-state index >= 15 is 0 Å². The molecule has 0 saturated heterocycles. The molecule has 2 aromatic rings. The van der Waals surface area contributed by atoms with Crippen molar-refractivity contribution in [2.24, 2.45) is 0 Å². The van der Waals surface area contributed by atoms with Gasteiger partial charge in [0.25, 0.3) is 0 Å². The van der Waals surface area contributed by atoms with E-state index in [1.165, 1.54) is 22.3 Å². The van der Waals surface area contributed by atoms with E-state index in [1.54, 1.807) is 0 Å². The third-order valence-electron chi connectivity index (χ3n) is 3.79. The first-order chi connectivity index (χ1) is 10.1. The van der Waals surface area contributed by atoms with Gasteiger partial charge in [-0.05, 0) is 77.5 Å². The fourth-order valence-electron chi connectivity index (χ4n) is 2.57. The molecule has 0 fully saturated rings. The molecule has 0 aliphatic carbocycles. The molecule has 0 aliphatic heterocycles. The molecule has 21 heavy (non-hydrogen) atoms. The van der Waals surface area contributed by atoms with E-state index in [4.69, 9.17) is 0 Å². The number of aromatic nitrogens is 1. The number of likely N-dealkylation sites (N-methyl/N-ethyl adjacent to an activating group) is 1. The zero-order valence-electron chi connectivity index (χ0n) is 13.0. The predicted molar refractivity (Wildman–Crippen MR) is 92.7 cm³/mol. The lowest BCUT2D eigenvalue weighted by molar-refractivity contribution is 0.520. The van der Waals surface area contributed by atoms with E-state index in [1.807, 2.05) is 12.4 Å². The number of hydrogen-bond acceptors (Lipinski definition) is 2. The first-order valence-corrected chi connectivity index (χ1v) is 8.26. The minimum Gasteiger partial charge on any atom is -0.314 e. The standard InChI is InChI=1S/C18H23BrN2/c1-4-21-18(10-16-8-17(19)12-20-11-16)9-15-6-5-13(2)14(3)7-15/h5-8,11-12,18,21H,4,9-10H2,1-3H3. The van der Waals surface area contributed by atoms with E-state index in [0.717, 1.165) is 23.9 Å². The molecule has 2 rings (SSSR count). The van der Waals surface area contributed by atoms with Crippen LogP contribution in [0.1, 0.15) is 29.2 Å². The van der Waals surface area contributed by atoms with Crippen LogP contribution in [0.2, 0.25) is 0 Å². The van der Waals surface area contributed by atoms with Crippen molar-refractivity contribution in [3.63, 3.8) is 0 Å². The molecular weight excluding hydrogens is 324 g/mol. The van der Waals surface area contributed by atoms with E-state index in [9.17, 15) is 0 Å². The van der Waals surface area contributed by atoms with Gasteiger partial charge in [0.1, 0.15) is 0 Å². The van der Waals surface area contributed by atoms with Crippen molar-refractivity contribution >= 4 is 15.9 Å². The lowest BCUT2D eigenvalue weighted by Gasteiger charge is -2.18. The first-order valence-electron chi connectivity index (χ1n) is 7.47. The third kappa shape index (κ3) is 4.94. The number of aryl methyl sites for hydroxylation is 2. The second kappa shape index (κ2) is 7.71. The normalized spacial score (nSPS) is 12.4.